The Hall–Kier alpha value is -3.03. The highest BCUT2D eigenvalue weighted by molar-refractivity contribution is 6.27. The number of ether oxygens (including phenoxy) is 1. The molecular weight excluding hydrogens is 338 g/mol. The number of nitrogens with zero attached hydrogens (tertiary/aromatic N) is 2. The molecule has 0 bridgehead atoms. The number of aliphatic carboxylic acids is 2. The number of carboxylic acid groups (broad SMARTS) is 2. The van der Waals surface area contributed by atoms with Crippen LogP contribution in [0, 0.1) is 6.92 Å². The Labute approximate surface area is 151 Å². The van der Waals surface area contributed by atoms with Gasteiger partial charge in [0.15, 0.2) is 5.60 Å². The van der Waals surface area contributed by atoms with Crippen LogP contribution in [0.15, 0.2) is 35.8 Å². The Morgan fingerprint density at radius 1 is 1.42 bits per heavy atom. The Morgan fingerprint density at radius 2 is 2.12 bits per heavy atom. The summed E-state index contributed by atoms with van der Waals surface area (Å²) in [6.45, 7) is 8.48. The molecule has 0 radical (unpaired) electrons. The van der Waals surface area contributed by atoms with Crippen LogP contribution < -0.4 is 15.0 Å². The summed E-state index contributed by atoms with van der Waals surface area (Å²) < 4.78 is 6.36. The minimum absolute atomic E-state index is 0.435. The van der Waals surface area contributed by atoms with E-state index in [1.54, 1.807) is 0 Å². The van der Waals surface area contributed by atoms with E-state index in [0.717, 1.165) is 43.3 Å². The molecule has 1 atom stereocenters. The minimum Gasteiger partial charge on any atom is -0.475 e. The van der Waals surface area contributed by atoms with E-state index in [1.165, 1.54) is 5.56 Å². The van der Waals surface area contributed by atoms with E-state index in [0.29, 0.717) is 0 Å². The molecule has 0 saturated heterocycles. The molecule has 2 aliphatic heterocycles. The van der Waals surface area contributed by atoms with Crippen molar-refractivity contribution in [3.05, 3.63) is 36.4 Å². The van der Waals surface area contributed by atoms with Crippen LogP contribution in [-0.4, -0.2) is 60.3 Å². The van der Waals surface area contributed by atoms with E-state index in [-0.39, 0.29) is 0 Å². The normalized spacial score (nSPS) is 20.5. The number of likely N-dealkylation sites (N-methyl/N-ethyl adjacent to an activating group) is 1. The number of rotatable bonds is 3. The fourth-order valence-electron chi connectivity index (χ4n) is 2.99. The first-order valence-corrected chi connectivity index (χ1v) is 8.16. The number of hydrogen-bond donors (Lipinski definition) is 3. The summed E-state index contributed by atoms with van der Waals surface area (Å²) in [6, 6.07) is 6.30. The number of carboxylic acids is 2. The predicted octanol–water partition coefficient (Wildman–Crippen LogP) is 1.30. The van der Waals surface area contributed by atoms with E-state index in [1.807, 2.05) is 12.1 Å². The van der Waals surface area contributed by atoms with Gasteiger partial charge < -0.3 is 25.2 Å². The van der Waals surface area contributed by atoms with Crippen molar-refractivity contribution in [3.63, 3.8) is 0 Å². The van der Waals surface area contributed by atoms with Crippen molar-refractivity contribution in [3.8, 4) is 5.75 Å². The maximum atomic E-state index is 9.10. The number of benzene rings is 1. The average molecular weight is 361 g/mol. The Bertz CT molecular complexity index is 734. The molecule has 8 nitrogen and oxygen atoms in total. The van der Waals surface area contributed by atoms with E-state index in [2.05, 4.69) is 47.9 Å². The smallest absolute Gasteiger partial charge is 0.414 e. The molecule has 1 aromatic rings. The van der Waals surface area contributed by atoms with E-state index in [4.69, 9.17) is 24.5 Å². The van der Waals surface area contributed by atoms with E-state index < -0.39 is 17.5 Å². The molecule has 0 saturated carbocycles. The van der Waals surface area contributed by atoms with Crippen LogP contribution in [0.3, 0.4) is 0 Å². The Morgan fingerprint density at radius 3 is 2.65 bits per heavy atom. The summed E-state index contributed by atoms with van der Waals surface area (Å²) in [5.41, 5.74) is 1.95. The van der Waals surface area contributed by atoms with Gasteiger partial charge in [0.1, 0.15) is 11.6 Å². The SMILES string of the molecule is C=CCC1(C2=NCCN2)CN(C)c2cc(C)ccc2O1.O=C(O)C(=O)O. The summed E-state index contributed by atoms with van der Waals surface area (Å²) in [5.74, 6) is -1.77. The molecule has 1 unspecified atom stereocenters. The number of fused-ring (bicyclic) bond motifs is 1. The van der Waals surface area contributed by atoms with Crippen molar-refractivity contribution in [1.29, 1.82) is 0 Å². The molecule has 0 spiro atoms. The number of nitrogens with one attached hydrogen (secondary N) is 1. The lowest BCUT2D eigenvalue weighted by Gasteiger charge is -2.43. The van der Waals surface area contributed by atoms with Crippen LogP contribution >= 0.6 is 0 Å². The van der Waals surface area contributed by atoms with Crippen LogP contribution in [0.25, 0.3) is 0 Å². The largest absolute Gasteiger partial charge is 0.475 e. The van der Waals surface area contributed by atoms with E-state index in [9.17, 15) is 0 Å². The molecule has 3 N–H and O–H groups in total. The molecule has 2 aliphatic rings. The number of anilines is 1. The fourth-order valence-corrected chi connectivity index (χ4v) is 2.99. The van der Waals surface area contributed by atoms with Crippen molar-refractivity contribution < 1.29 is 24.5 Å². The van der Waals surface area contributed by atoms with Crippen LogP contribution in [0.4, 0.5) is 5.69 Å². The highest BCUT2D eigenvalue weighted by atomic mass is 16.5. The molecule has 1 aromatic carbocycles. The molecule has 0 fully saturated rings. The van der Waals surface area contributed by atoms with Gasteiger partial charge in [-0.05, 0) is 24.6 Å². The van der Waals surface area contributed by atoms with Gasteiger partial charge in [0.05, 0.1) is 18.8 Å². The van der Waals surface area contributed by atoms with Crippen molar-refractivity contribution in [1.82, 2.24) is 5.32 Å². The van der Waals surface area contributed by atoms with Gasteiger partial charge >= 0.3 is 11.9 Å². The molecule has 140 valence electrons. The van der Waals surface area contributed by atoms with Gasteiger partial charge in [0, 0.05) is 20.0 Å². The third-order valence-electron chi connectivity index (χ3n) is 4.09. The monoisotopic (exact) mass is 361 g/mol. The minimum atomic E-state index is -1.82. The standard InChI is InChI=1S/C16H21N3O.C2H2O4/c1-4-7-16(15-17-8-9-18-15)11-19(3)13-10-12(2)5-6-14(13)20-16;3-1(4)2(5)6/h4-6,10H,1,7-9,11H2,2-3H3,(H,17,18);(H,3,4)(H,5,6). The highest BCUT2D eigenvalue weighted by Gasteiger charge is 2.43. The molecule has 0 aliphatic carbocycles. The maximum absolute atomic E-state index is 9.10. The highest BCUT2D eigenvalue weighted by Crippen LogP contribution is 2.39. The first kappa shape index (κ1) is 19.3. The Kier molecular flexibility index (Phi) is 5.86. The zero-order chi connectivity index (χ0) is 19.3. The molecule has 3 rings (SSSR count). The van der Waals surface area contributed by atoms with Gasteiger partial charge in [-0.2, -0.15) is 0 Å². The third kappa shape index (κ3) is 4.14. The molecular formula is C18H23N3O5. The molecule has 26 heavy (non-hydrogen) atoms. The number of aryl methyl sites for hydroxylation is 1. The van der Waals surface area contributed by atoms with Gasteiger partial charge in [-0.1, -0.05) is 12.1 Å². The van der Waals surface area contributed by atoms with Gasteiger partial charge in [0.2, 0.25) is 0 Å². The first-order chi connectivity index (χ1) is 12.3. The number of carbonyl (C=O) groups is 2. The van der Waals surface area contributed by atoms with Crippen LogP contribution in [-0.2, 0) is 9.59 Å². The second kappa shape index (κ2) is 7.90. The zero-order valence-corrected chi connectivity index (χ0v) is 14.9. The van der Waals surface area contributed by atoms with Crippen molar-refractivity contribution in [2.75, 3.05) is 31.6 Å². The predicted molar refractivity (Wildman–Crippen MR) is 98.2 cm³/mol. The van der Waals surface area contributed by atoms with Crippen molar-refractivity contribution >= 4 is 23.5 Å². The average Bonchev–Trinajstić information content (AvgIpc) is 3.12. The summed E-state index contributed by atoms with van der Waals surface area (Å²) in [5, 5.41) is 18.1. The lowest BCUT2D eigenvalue weighted by molar-refractivity contribution is -0.159. The van der Waals surface area contributed by atoms with E-state index >= 15 is 0 Å². The fraction of sp³-hybridized carbons (Fsp3) is 0.389. The van der Waals surface area contributed by atoms with Crippen molar-refractivity contribution in [2.45, 2.75) is 18.9 Å². The lowest BCUT2D eigenvalue weighted by atomic mass is 9.94. The quantitative estimate of drug-likeness (QED) is 0.549. The van der Waals surface area contributed by atoms with Gasteiger partial charge in [-0.15, -0.1) is 6.58 Å². The number of amidine groups is 1. The first-order valence-electron chi connectivity index (χ1n) is 8.16. The molecule has 0 aromatic heterocycles. The number of aliphatic imine (C=N–C) groups is 1. The van der Waals surface area contributed by atoms with Crippen LogP contribution in [0.2, 0.25) is 0 Å². The molecule has 8 heteroatoms. The molecule has 0 amide bonds. The second-order valence-corrected chi connectivity index (χ2v) is 6.18. The summed E-state index contributed by atoms with van der Waals surface area (Å²) >= 11 is 0. The third-order valence-corrected chi connectivity index (χ3v) is 4.09. The van der Waals surface area contributed by atoms with Gasteiger partial charge in [-0.3, -0.25) is 4.99 Å². The van der Waals surface area contributed by atoms with Crippen molar-refractivity contribution in [2.24, 2.45) is 4.99 Å². The Balaban J connectivity index is 0.000000352. The topological polar surface area (TPSA) is 111 Å². The summed E-state index contributed by atoms with van der Waals surface area (Å²) in [4.78, 5) is 25.0. The van der Waals surface area contributed by atoms with Crippen LogP contribution in [0.1, 0.15) is 12.0 Å². The zero-order valence-electron chi connectivity index (χ0n) is 14.9. The number of hydrogen-bond acceptors (Lipinski definition) is 6. The lowest BCUT2D eigenvalue weighted by Crippen LogP contribution is -2.58. The second-order valence-electron chi connectivity index (χ2n) is 6.18. The molecule has 2 heterocycles. The van der Waals surface area contributed by atoms with Gasteiger partial charge in [-0.25, -0.2) is 9.59 Å². The van der Waals surface area contributed by atoms with Gasteiger partial charge in [0.25, 0.3) is 0 Å². The summed E-state index contributed by atoms with van der Waals surface area (Å²) in [6.07, 6.45) is 2.66. The van der Waals surface area contributed by atoms with Crippen LogP contribution in [0.5, 0.6) is 5.75 Å². The maximum Gasteiger partial charge on any atom is 0.414 e. The summed E-state index contributed by atoms with van der Waals surface area (Å²) in [7, 11) is 2.11.